The van der Waals surface area contributed by atoms with E-state index < -0.39 is 0 Å². The molecule has 0 atom stereocenters. The average Bonchev–Trinajstić information content (AvgIpc) is 2.68. The van der Waals surface area contributed by atoms with Crippen molar-refractivity contribution in [3.05, 3.63) is 78.2 Å². The van der Waals surface area contributed by atoms with Crippen LogP contribution in [0.15, 0.2) is 66.9 Å². The molecule has 132 valence electrons. The first-order valence-electron chi connectivity index (χ1n) is 8.44. The van der Waals surface area contributed by atoms with Crippen LogP contribution in [-0.2, 0) is 0 Å². The number of nitrogens with zero attached hydrogens (tertiary/aromatic N) is 1. The van der Waals surface area contributed by atoms with Gasteiger partial charge >= 0.3 is 0 Å². The topological polar surface area (TPSA) is 51.2 Å². The van der Waals surface area contributed by atoms with E-state index in [1.165, 1.54) is 12.1 Å². The summed E-state index contributed by atoms with van der Waals surface area (Å²) in [5.74, 6) is 0.789. The molecule has 5 heteroatoms. The maximum absolute atomic E-state index is 12.9. The summed E-state index contributed by atoms with van der Waals surface area (Å²) < 4.78 is 18.6. The van der Waals surface area contributed by atoms with Gasteiger partial charge in [-0.25, -0.2) is 4.39 Å². The Balaban J connectivity index is 1.74. The van der Waals surface area contributed by atoms with E-state index >= 15 is 0 Å². The third-order valence-corrected chi connectivity index (χ3v) is 3.76. The van der Waals surface area contributed by atoms with Crippen LogP contribution in [0.5, 0.6) is 11.5 Å². The van der Waals surface area contributed by atoms with E-state index in [2.05, 4.69) is 10.3 Å². The van der Waals surface area contributed by atoms with Crippen molar-refractivity contribution in [3.8, 4) is 22.8 Å². The molecule has 0 aliphatic heterocycles. The monoisotopic (exact) mass is 350 g/mol. The fraction of sp³-hybridized carbons (Fsp3) is 0.143. The molecule has 4 nitrogen and oxygen atoms in total. The van der Waals surface area contributed by atoms with E-state index in [0.717, 1.165) is 12.0 Å². The minimum Gasteiger partial charge on any atom is -0.457 e. The number of ether oxygens (including phenoxy) is 1. The highest BCUT2D eigenvalue weighted by molar-refractivity contribution is 5.95. The SMILES string of the molecule is CCCNC(=O)c1ccnc(-c2ccc(Oc3ccc(F)cc3)cc2)c1. The van der Waals surface area contributed by atoms with E-state index in [0.29, 0.717) is 29.3 Å². The lowest BCUT2D eigenvalue weighted by atomic mass is 10.1. The summed E-state index contributed by atoms with van der Waals surface area (Å²) in [5, 5.41) is 2.85. The molecule has 2 aromatic carbocycles. The van der Waals surface area contributed by atoms with Crippen molar-refractivity contribution >= 4 is 5.91 Å². The molecule has 1 aromatic heterocycles. The largest absolute Gasteiger partial charge is 0.457 e. The molecule has 0 bridgehead atoms. The Hall–Kier alpha value is -3.21. The second-order valence-electron chi connectivity index (χ2n) is 5.77. The number of hydrogen-bond donors (Lipinski definition) is 1. The van der Waals surface area contributed by atoms with Crippen LogP contribution < -0.4 is 10.1 Å². The Morgan fingerprint density at radius 1 is 1.04 bits per heavy atom. The number of carbonyl (C=O) groups is 1. The van der Waals surface area contributed by atoms with Crippen molar-refractivity contribution < 1.29 is 13.9 Å². The Labute approximate surface area is 151 Å². The molecule has 0 saturated heterocycles. The molecule has 0 saturated carbocycles. The predicted molar refractivity (Wildman–Crippen MR) is 98.8 cm³/mol. The lowest BCUT2D eigenvalue weighted by molar-refractivity contribution is 0.0953. The highest BCUT2D eigenvalue weighted by Crippen LogP contribution is 2.25. The molecular weight excluding hydrogens is 331 g/mol. The molecule has 3 rings (SSSR count). The third kappa shape index (κ3) is 4.45. The number of benzene rings is 2. The Morgan fingerprint density at radius 2 is 1.69 bits per heavy atom. The third-order valence-electron chi connectivity index (χ3n) is 3.76. The number of pyridine rings is 1. The van der Waals surface area contributed by atoms with Crippen molar-refractivity contribution in [2.75, 3.05) is 6.54 Å². The number of amides is 1. The van der Waals surface area contributed by atoms with Crippen molar-refractivity contribution in [3.63, 3.8) is 0 Å². The summed E-state index contributed by atoms with van der Waals surface area (Å²) in [4.78, 5) is 16.4. The van der Waals surface area contributed by atoms with Crippen LogP contribution in [0.1, 0.15) is 23.7 Å². The first-order chi connectivity index (χ1) is 12.7. The van der Waals surface area contributed by atoms with Crippen molar-refractivity contribution in [2.24, 2.45) is 0 Å². The second-order valence-corrected chi connectivity index (χ2v) is 5.77. The smallest absolute Gasteiger partial charge is 0.251 e. The molecule has 0 unspecified atom stereocenters. The number of carbonyl (C=O) groups excluding carboxylic acids is 1. The zero-order valence-corrected chi connectivity index (χ0v) is 14.4. The van der Waals surface area contributed by atoms with Gasteiger partial charge in [0.25, 0.3) is 5.91 Å². The fourth-order valence-corrected chi connectivity index (χ4v) is 2.40. The van der Waals surface area contributed by atoms with Crippen LogP contribution in [0.25, 0.3) is 11.3 Å². The summed E-state index contributed by atoms with van der Waals surface area (Å²) in [7, 11) is 0. The van der Waals surface area contributed by atoms with Gasteiger partial charge in [0.1, 0.15) is 17.3 Å². The van der Waals surface area contributed by atoms with E-state index in [1.807, 2.05) is 31.2 Å². The van der Waals surface area contributed by atoms with Crippen molar-refractivity contribution in [1.29, 1.82) is 0 Å². The zero-order valence-electron chi connectivity index (χ0n) is 14.4. The molecule has 0 aliphatic rings. The average molecular weight is 350 g/mol. The quantitative estimate of drug-likeness (QED) is 0.693. The molecule has 26 heavy (non-hydrogen) atoms. The van der Waals surface area contributed by atoms with E-state index in [9.17, 15) is 9.18 Å². The van der Waals surface area contributed by atoms with Gasteiger partial charge in [0.15, 0.2) is 0 Å². The lowest BCUT2D eigenvalue weighted by Crippen LogP contribution is -2.23. The summed E-state index contributed by atoms with van der Waals surface area (Å²) in [6.07, 6.45) is 2.51. The first kappa shape index (κ1) is 17.6. The second kappa shape index (κ2) is 8.25. The van der Waals surface area contributed by atoms with Crippen LogP contribution >= 0.6 is 0 Å². The maximum atomic E-state index is 12.9. The number of nitrogens with one attached hydrogen (secondary N) is 1. The Morgan fingerprint density at radius 3 is 2.35 bits per heavy atom. The number of halogens is 1. The molecule has 0 fully saturated rings. The molecular formula is C21H19FN2O2. The van der Waals surface area contributed by atoms with Gasteiger partial charge in [0.05, 0.1) is 5.69 Å². The predicted octanol–water partition coefficient (Wildman–Crippen LogP) is 4.82. The standard InChI is InChI=1S/C21H19FN2O2/c1-2-12-24-21(25)16-11-13-23-20(14-16)15-3-7-18(8-4-15)26-19-9-5-17(22)6-10-19/h3-11,13-14H,2,12H2,1H3,(H,24,25). The highest BCUT2D eigenvalue weighted by Gasteiger charge is 2.08. The molecule has 0 spiro atoms. The molecule has 1 heterocycles. The Kier molecular flexibility index (Phi) is 5.59. The van der Waals surface area contributed by atoms with Gasteiger partial charge in [-0.3, -0.25) is 9.78 Å². The van der Waals surface area contributed by atoms with Crippen LogP contribution in [0.3, 0.4) is 0 Å². The van der Waals surface area contributed by atoms with E-state index in [1.54, 1.807) is 30.5 Å². The lowest BCUT2D eigenvalue weighted by Gasteiger charge is -2.08. The summed E-state index contributed by atoms with van der Waals surface area (Å²) in [6.45, 7) is 2.65. The number of hydrogen-bond acceptors (Lipinski definition) is 3. The van der Waals surface area contributed by atoms with Gasteiger partial charge in [-0.05, 0) is 67.1 Å². The minimum absolute atomic E-state index is 0.105. The van der Waals surface area contributed by atoms with E-state index in [4.69, 9.17) is 4.74 Å². The van der Waals surface area contributed by atoms with Crippen LogP contribution in [-0.4, -0.2) is 17.4 Å². The van der Waals surface area contributed by atoms with Gasteiger partial charge in [-0.15, -0.1) is 0 Å². The molecule has 0 radical (unpaired) electrons. The molecule has 1 N–H and O–H groups in total. The van der Waals surface area contributed by atoms with E-state index in [-0.39, 0.29) is 11.7 Å². The van der Waals surface area contributed by atoms with Gasteiger partial charge in [-0.2, -0.15) is 0 Å². The maximum Gasteiger partial charge on any atom is 0.251 e. The van der Waals surface area contributed by atoms with Crippen molar-refractivity contribution in [1.82, 2.24) is 10.3 Å². The minimum atomic E-state index is -0.304. The van der Waals surface area contributed by atoms with Crippen LogP contribution in [0.4, 0.5) is 4.39 Å². The fourth-order valence-electron chi connectivity index (χ4n) is 2.40. The summed E-state index contributed by atoms with van der Waals surface area (Å²) in [6, 6.07) is 16.7. The van der Waals surface area contributed by atoms with Crippen molar-refractivity contribution in [2.45, 2.75) is 13.3 Å². The highest BCUT2D eigenvalue weighted by atomic mass is 19.1. The Bertz CT molecular complexity index is 877. The van der Waals surface area contributed by atoms with Crippen LogP contribution in [0, 0.1) is 5.82 Å². The van der Waals surface area contributed by atoms with Gasteiger partial charge in [0.2, 0.25) is 0 Å². The summed E-state index contributed by atoms with van der Waals surface area (Å²) >= 11 is 0. The zero-order chi connectivity index (χ0) is 18.4. The number of rotatable bonds is 6. The normalized spacial score (nSPS) is 10.4. The van der Waals surface area contributed by atoms with Gasteiger partial charge in [-0.1, -0.05) is 6.92 Å². The first-order valence-corrected chi connectivity index (χ1v) is 8.44. The molecule has 3 aromatic rings. The van der Waals surface area contributed by atoms with Crippen LogP contribution in [0.2, 0.25) is 0 Å². The van der Waals surface area contributed by atoms with Gasteiger partial charge in [0, 0.05) is 23.9 Å². The molecule has 0 aliphatic carbocycles. The number of aromatic nitrogens is 1. The summed E-state index contributed by atoms with van der Waals surface area (Å²) in [5.41, 5.74) is 2.17. The molecule has 1 amide bonds. The van der Waals surface area contributed by atoms with Gasteiger partial charge < -0.3 is 10.1 Å².